The second kappa shape index (κ2) is 52.1. The molecule has 1 aliphatic rings. The third kappa shape index (κ3) is 39.3. The topological polar surface area (TPSA) is 654 Å². The second-order valence-corrected chi connectivity index (χ2v) is 28.2. The maximum Gasteiger partial charge on any atom is 0.303 e. The number of hydrogen-bond donors (Lipinski definition) is 19. The standard InChI is InChI=1S/C71H107N15O27S/c1-37(2)31-50(63(104)75-34-54(90)78-52(36-114-7)70(111)76-39(4)61(102)74-33-38(3)87)85-71(112)53-12-10-29-86(53)55(91)35-113-30-28-73-62(103)51(32-42-13-15-43(16-14-42)40(5)88)84-69(110)49(21-26-60(100)101)83-68(109)48(20-25-59(98)99)82-67(108)47(19-24-58(96)97)81-66(107)46(18-23-57(94)95)80-65(106)45(17-22-56(92)93)79-64(105)44(77-41(6)89)11-8-9-27-72/h13-16,37,39,44-53H,8-12,17-36,72H2,1-7H3,(H,73,103)(H,74,102)(H,75,104)(H,76,111)(H,77,89)(H,78,90)(H,79,105)(H,80,106)(H,81,107)(H,82,108)(H,83,109)(H,84,110)(H,85,112)(H,92,93)(H,94,95)(H,96,97)(H,98,99)(H,100,101)/t39-,44+,45+,46+,47+,48+,49+,50-,51-,52-,53-/m0/s1. The normalized spacial score (nSPS) is 14.9. The first-order chi connectivity index (χ1) is 53.7. The fraction of sp³-hybridized carbons (Fsp3) is 0.620. The number of nitrogens with zero attached hydrogens (tertiary/aromatic N) is 1. The molecule has 0 bridgehead atoms. The van der Waals surface area contributed by atoms with Gasteiger partial charge in [-0.05, 0) is 116 Å². The Labute approximate surface area is 660 Å². The summed E-state index contributed by atoms with van der Waals surface area (Å²) >= 11 is 1.21. The molecule has 2 rings (SSSR count). The van der Waals surface area contributed by atoms with Crippen LogP contribution >= 0.6 is 11.8 Å². The molecule has 14 amide bonds. The van der Waals surface area contributed by atoms with Crippen LogP contribution in [0.25, 0.3) is 0 Å². The molecule has 0 saturated carbocycles. The summed E-state index contributed by atoms with van der Waals surface area (Å²) < 4.78 is 5.60. The molecule has 20 N–H and O–H groups in total. The number of carboxylic acids is 5. The predicted molar refractivity (Wildman–Crippen MR) is 401 cm³/mol. The summed E-state index contributed by atoms with van der Waals surface area (Å²) in [6.45, 7) is 6.66. The largest absolute Gasteiger partial charge is 0.481 e. The van der Waals surface area contributed by atoms with Gasteiger partial charge in [-0.3, -0.25) is 101 Å². The molecule has 114 heavy (non-hydrogen) atoms. The van der Waals surface area contributed by atoms with Crippen molar-refractivity contribution in [3.63, 3.8) is 0 Å². The van der Waals surface area contributed by atoms with Crippen molar-refractivity contribution in [3.05, 3.63) is 35.4 Å². The lowest BCUT2D eigenvalue weighted by Gasteiger charge is -2.28. The van der Waals surface area contributed by atoms with E-state index in [1.165, 1.54) is 61.7 Å². The van der Waals surface area contributed by atoms with E-state index in [4.69, 9.17) is 10.5 Å². The van der Waals surface area contributed by atoms with Crippen LogP contribution in [0.5, 0.6) is 0 Å². The maximum atomic E-state index is 14.4. The van der Waals surface area contributed by atoms with Gasteiger partial charge >= 0.3 is 29.8 Å². The van der Waals surface area contributed by atoms with Crippen molar-refractivity contribution in [2.45, 2.75) is 217 Å². The average molecular weight is 1630 g/mol. The number of Topliss-reactive ketones (excluding diaryl/α,β-unsaturated/α-hetero) is 2. The van der Waals surface area contributed by atoms with E-state index in [9.17, 15) is 126 Å². The smallest absolute Gasteiger partial charge is 0.303 e. The van der Waals surface area contributed by atoms with Crippen LogP contribution in [0.4, 0.5) is 0 Å². The van der Waals surface area contributed by atoms with Gasteiger partial charge < -0.3 is 110 Å². The highest BCUT2D eigenvalue weighted by Crippen LogP contribution is 2.20. The van der Waals surface area contributed by atoms with Crippen LogP contribution < -0.4 is 74.9 Å². The summed E-state index contributed by atoms with van der Waals surface area (Å²) in [4.78, 5) is 274. The highest BCUT2D eigenvalue weighted by Gasteiger charge is 2.39. The molecule has 0 aliphatic carbocycles. The molecule has 634 valence electrons. The zero-order chi connectivity index (χ0) is 85.9. The van der Waals surface area contributed by atoms with Crippen LogP contribution in [0.1, 0.15) is 160 Å². The third-order valence-corrected chi connectivity index (χ3v) is 17.8. The molecule has 1 heterocycles. The monoisotopic (exact) mass is 1630 g/mol. The maximum absolute atomic E-state index is 14.4. The SMILES string of the molecule is CSC[C@H](NC(=O)CNC(=O)[C@H](CC(C)C)NC(=O)[C@@H]1CCCN1C(=O)COCCNC(=O)[C@H](Cc1ccc(C(C)=O)cc1)NC(=O)[C@@H](CCC(=O)O)NC(=O)[C@@H](CCC(=O)O)NC(=O)[C@@H](CCC(=O)O)NC(=O)[C@@H](CCC(=O)O)NC(=O)[C@@H](CCC(=O)O)NC(=O)[C@@H](CCCCN)NC(C)=O)C(=O)N[C@@H](C)C(=O)NCC(C)=O. The van der Waals surface area contributed by atoms with E-state index in [1.54, 1.807) is 20.1 Å². The molecule has 0 radical (unpaired) electrons. The molecule has 42 nitrogen and oxygen atoms in total. The highest BCUT2D eigenvalue weighted by molar-refractivity contribution is 7.98. The number of benzene rings is 1. The Morgan fingerprint density at radius 3 is 1.31 bits per heavy atom. The van der Waals surface area contributed by atoms with Crippen molar-refractivity contribution in [1.29, 1.82) is 0 Å². The van der Waals surface area contributed by atoms with Gasteiger partial charge in [0.15, 0.2) is 5.78 Å². The number of carbonyl (C=O) groups excluding carboxylic acids is 16. The van der Waals surface area contributed by atoms with Gasteiger partial charge in [-0.1, -0.05) is 38.1 Å². The molecular formula is C71H107N15O27S. The molecule has 0 unspecified atom stereocenters. The van der Waals surface area contributed by atoms with Gasteiger partial charge in [0, 0.05) is 69.9 Å². The van der Waals surface area contributed by atoms with Crippen molar-refractivity contribution in [2.75, 3.05) is 57.9 Å². The van der Waals surface area contributed by atoms with Crippen LogP contribution in [-0.2, 0) is 107 Å². The Morgan fingerprint density at radius 2 is 0.904 bits per heavy atom. The Hall–Kier alpha value is -11.2. The van der Waals surface area contributed by atoms with E-state index in [-0.39, 0.29) is 87.3 Å². The van der Waals surface area contributed by atoms with Crippen LogP contribution in [-0.4, -0.2) is 279 Å². The predicted octanol–water partition coefficient (Wildman–Crippen LogP) is -4.87. The van der Waals surface area contributed by atoms with Crippen LogP contribution in [0.2, 0.25) is 0 Å². The van der Waals surface area contributed by atoms with Crippen LogP contribution in [0, 0.1) is 5.92 Å². The van der Waals surface area contributed by atoms with E-state index >= 15 is 0 Å². The summed E-state index contributed by atoms with van der Waals surface area (Å²) in [5.74, 6) is -21.8. The van der Waals surface area contributed by atoms with Crippen molar-refractivity contribution in [3.8, 4) is 0 Å². The molecule has 43 heteroatoms. The number of thioether (sulfide) groups is 1. The lowest BCUT2D eigenvalue weighted by Crippen LogP contribution is -2.60. The molecule has 1 fully saturated rings. The number of likely N-dealkylation sites (tertiary alicyclic amines) is 1. The summed E-state index contributed by atoms with van der Waals surface area (Å²) in [5, 5.41) is 79.2. The second-order valence-electron chi connectivity index (χ2n) is 27.2. The molecular weight excluding hydrogens is 1530 g/mol. The minimum Gasteiger partial charge on any atom is -0.481 e. The first-order valence-electron chi connectivity index (χ1n) is 36.7. The van der Waals surface area contributed by atoms with Gasteiger partial charge in [-0.15, -0.1) is 0 Å². The number of unbranched alkanes of at least 4 members (excludes halogenated alkanes) is 1. The van der Waals surface area contributed by atoms with E-state index in [0.717, 1.165) is 6.92 Å². The Kier molecular flexibility index (Phi) is 45.2. The van der Waals surface area contributed by atoms with E-state index < -0.39 is 256 Å². The number of nitrogens with two attached hydrogens (primary N) is 1. The number of ketones is 2. The number of carbonyl (C=O) groups is 21. The molecule has 1 aromatic rings. The van der Waals surface area contributed by atoms with Gasteiger partial charge in [0.1, 0.15) is 78.9 Å². The lowest BCUT2D eigenvalue weighted by molar-refractivity contribution is -0.142. The fourth-order valence-electron chi connectivity index (χ4n) is 11.2. The van der Waals surface area contributed by atoms with Crippen molar-refractivity contribution >= 4 is 136 Å². The molecule has 11 atom stereocenters. The van der Waals surface area contributed by atoms with Gasteiger partial charge in [-0.25, -0.2) is 0 Å². The van der Waals surface area contributed by atoms with Gasteiger partial charge in [-0.2, -0.15) is 11.8 Å². The summed E-state index contributed by atoms with van der Waals surface area (Å²) in [6, 6.07) is -11.3. The number of rotatable bonds is 56. The Bertz CT molecular complexity index is 3580. The number of amides is 14. The van der Waals surface area contributed by atoms with E-state index in [2.05, 4.69) is 69.1 Å². The average Bonchev–Trinajstić information content (AvgIpc) is 1.66. The van der Waals surface area contributed by atoms with Crippen molar-refractivity contribution in [1.82, 2.24) is 74.0 Å². The molecule has 0 aromatic heterocycles. The summed E-state index contributed by atoms with van der Waals surface area (Å²) in [6.07, 6.45) is -5.35. The Balaban J connectivity index is 2.39. The van der Waals surface area contributed by atoms with E-state index in [1.807, 2.05) is 0 Å². The first kappa shape index (κ1) is 98.8. The first-order valence-corrected chi connectivity index (χ1v) is 38.1. The van der Waals surface area contributed by atoms with Crippen molar-refractivity contribution < 1.29 is 131 Å². The van der Waals surface area contributed by atoms with E-state index in [0.29, 0.717) is 24.8 Å². The molecule has 0 spiro atoms. The van der Waals surface area contributed by atoms with Crippen molar-refractivity contribution in [2.24, 2.45) is 11.7 Å². The number of nitrogens with one attached hydrogen (secondary N) is 13. The number of carboxylic acid groups (broad SMARTS) is 5. The zero-order valence-electron chi connectivity index (χ0n) is 64.6. The van der Waals surface area contributed by atoms with Gasteiger partial charge in [0.2, 0.25) is 82.7 Å². The number of ether oxygens (including phenoxy) is 1. The molecule has 1 saturated heterocycles. The quantitative estimate of drug-likeness (QED) is 0.0215. The van der Waals surface area contributed by atoms with Gasteiger partial charge in [0.05, 0.1) is 19.7 Å². The lowest BCUT2D eigenvalue weighted by atomic mass is 10.0. The summed E-state index contributed by atoms with van der Waals surface area (Å²) in [7, 11) is 0. The zero-order valence-corrected chi connectivity index (χ0v) is 65.4. The van der Waals surface area contributed by atoms with Gasteiger partial charge in [0.25, 0.3) is 0 Å². The summed E-state index contributed by atoms with van der Waals surface area (Å²) in [5.41, 5.74) is 6.16. The Morgan fingerprint density at radius 1 is 0.482 bits per heavy atom. The fourth-order valence-corrected chi connectivity index (χ4v) is 11.8. The molecule has 1 aliphatic heterocycles. The molecule has 1 aromatic carbocycles. The number of aliphatic carboxylic acids is 5. The van der Waals surface area contributed by atoms with Crippen LogP contribution in [0.15, 0.2) is 24.3 Å². The number of hydrogen-bond acceptors (Lipinski definition) is 24. The highest BCUT2D eigenvalue weighted by atomic mass is 32.2. The van der Waals surface area contributed by atoms with Crippen LogP contribution in [0.3, 0.4) is 0 Å². The minimum atomic E-state index is -2.03. The minimum absolute atomic E-state index is 0.0157. The third-order valence-electron chi connectivity index (χ3n) is 17.1.